The van der Waals surface area contributed by atoms with Crippen molar-refractivity contribution in [2.24, 2.45) is 0 Å². The summed E-state index contributed by atoms with van der Waals surface area (Å²) >= 11 is 1.59. The van der Waals surface area contributed by atoms with Crippen LogP contribution in [0.5, 0.6) is 0 Å². The number of amides is 1. The molecule has 4 rings (SSSR count). The van der Waals surface area contributed by atoms with Gasteiger partial charge in [0, 0.05) is 52.3 Å². The number of aromatic amines is 1. The highest BCUT2D eigenvalue weighted by molar-refractivity contribution is 7.10. The normalized spacial score (nSPS) is 12.0. The van der Waals surface area contributed by atoms with Gasteiger partial charge in [-0.2, -0.15) is 0 Å². The van der Waals surface area contributed by atoms with Crippen molar-refractivity contribution in [3.8, 4) is 0 Å². The second-order valence-corrected chi connectivity index (χ2v) is 7.41. The lowest BCUT2D eigenvalue weighted by atomic mass is 10.0. The Kier molecular flexibility index (Phi) is 4.67. The molecule has 2 aromatic heterocycles. The molecule has 0 aliphatic rings. The zero-order valence-electron chi connectivity index (χ0n) is 15.0. The van der Waals surface area contributed by atoms with Gasteiger partial charge in [-0.25, -0.2) is 0 Å². The number of para-hydroxylation sites is 1. The highest BCUT2D eigenvalue weighted by Crippen LogP contribution is 2.36. The van der Waals surface area contributed by atoms with Crippen molar-refractivity contribution in [1.29, 1.82) is 0 Å². The molecule has 28 heavy (non-hydrogen) atoms. The Morgan fingerprint density at radius 3 is 2.54 bits per heavy atom. The number of rotatable bonds is 5. The van der Waals surface area contributed by atoms with Gasteiger partial charge in [0.15, 0.2) is 0 Å². The fourth-order valence-corrected chi connectivity index (χ4v) is 4.25. The number of nitrogens with one attached hydrogen (secondary N) is 1. The van der Waals surface area contributed by atoms with Crippen molar-refractivity contribution in [1.82, 2.24) is 9.88 Å². The summed E-state index contributed by atoms with van der Waals surface area (Å²) in [6, 6.07) is 17.4. The Morgan fingerprint density at radius 2 is 1.86 bits per heavy atom. The van der Waals surface area contributed by atoms with Crippen LogP contribution in [-0.2, 0) is 0 Å². The first-order valence-corrected chi connectivity index (χ1v) is 9.55. The molecule has 0 radical (unpaired) electrons. The number of nitro benzene ring substituents is 1. The van der Waals surface area contributed by atoms with Gasteiger partial charge in [-0.05, 0) is 29.6 Å². The molecule has 1 amide bonds. The fourth-order valence-electron chi connectivity index (χ4n) is 3.37. The molecule has 6 nitrogen and oxygen atoms in total. The van der Waals surface area contributed by atoms with Crippen LogP contribution in [0.3, 0.4) is 0 Å². The van der Waals surface area contributed by atoms with Crippen LogP contribution in [0, 0.1) is 10.1 Å². The van der Waals surface area contributed by atoms with Crippen LogP contribution < -0.4 is 0 Å². The number of nitro groups is 1. The molecule has 140 valence electrons. The van der Waals surface area contributed by atoms with E-state index in [1.165, 1.54) is 24.3 Å². The molecule has 4 aromatic rings. The monoisotopic (exact) mass is 391 g/mol. The van der Waals surface area contributed by atoms with Crippen molar-refractivity contribution in [2.75, 3.05) is 7.05 Å². The minimum atomic E-state index is -0.474. The first kappa shape index (κ1) is 17.9. The number of carbonyl (C=O) groups excluding carboxylic acids is 1. The lowest BCUT2D eigenvalue weighted by molar-refractivity contribution is -0.384. The van der Waals surface area contributed by atoms with Crippen molar-refractivity contribution < 1.29 is 9.72 Å². The SMILES string of the molecule is CN(C(=O)c1ccc([N+](=O)[O-])cc1)[C@H](c1cccs1)c1c[nH]c2ccccc12. The Balaban J connectivity index is 1.74. The quantitative estimate of drug-likeness (QED) is 0.384. The van der Waals surface area contributed by atoms with Crippen molar-refractivity contribution >= 4 is 33.8 Å². The van der Waals surface area contributed by atoms with E-state index in [1.54, 1.807) is 23.3 Å². The second-order valence-electron chi connectivity index (χ2n) is 6.43. The molecule has 1 atom stereocenters. The first-order chi connectivity index (χ1) is 13.6. The van der Waals surface area contributed by atoms with E-state index in [4.69, 9.17) is 0 Å². The van der Waals surface area contributed by atoms with Crippen LogP contribution in [0.1, 0.15) is 26.8 Å². The summed E-state index contributed by atoms with van der Waals surface area (Å²) in [6.07, 6.45) is 1.94. The highest BCUT2D eigenvalue weighted by atomic mass is 32.1. The van der Waals surface area contributed by atoms with E-state index >= 15 is 0 Å². The summed E-state index contributed by atoms with van der Waals surface area (Å²) in [5, 5.41) is 13.9. The van der Waals surface area contributed by atoms with Gasteiger partial charge >= 0.3 is 0 Å². The van der Waals surface area contributed by atoms with Gasteiger partial charge < -0.3 is 9.88 Å². The van der Waals surface area contributed by atoms with E-state index < -0.39 is 4.92 Å². The van der Waals surface area contributed by atoms with Crippen molar-refractivity contribution in [3.63, 3.8) is 0 Å². The standard InChI is InChI=1S/C21H17N3O3S/c1-23(21(25)14-8-10-15(11-9-14)24(26)27)20(19-7-4-12-28-19)17-13-22-18-6-3-2-5-16(17)18/h2-13,20,22H,1H3/t20-/m0/s1. The average molecular weight is 391 g/mol. The van der Waals surface area contributed by atoms with Crippen LogP contribution in [0.15, 0.2) is 72.2 Å². The van der Waals surface area contributed by atoms with E-state index in [2.05, 4.69) is 4.98 Å². The molecule has 2 heterocycles. The summed E-state index contributed by atoms with van der Waals surface area (Å²) < 4.78 is 0. The fraction of sp³-hybridized carbons (Fsp3) is 0.0952. The molecule has 0 bridgehead atoms. The number of fused-ring (bicyclic) bond motifs is 1. The van der Waals surface area contributed by atoms with Crippen LogP contribution >= 0.6 is 11.3 Å². The second kappa shape index (κ2) is 7.28. The van der Waals surface area contributed by atoms with E-state index in [0.717, 1.165) is 21.3 Å². The summed E-state index contributed by atoms with van der Waals surface area (Å²) in [6.45, 7) is 0. The Labute approximate surface area is 165 Å². The van der Waals surface area contributed by atoms with Crippen LogP contribution in [0.25, 0.3) is 10.9 Å². The molecule has 1 N–H and O–H groups in total. The Bertz CT molecular complexity index is 1130. The van der Waals surface area contributed by atoms with Gasteiger partial charge in [0.1, 0.15) is 0 Å². The van der Waals surface area contributed by atoms with Gasteiger partial charge in [-0.15, -0.1) is 11.3 Å². The lowest BCUT2D eigenvalue weighted by Gasteiger charge is -2.27. The van der Waals surface area contributed by atoms with Crippen LogP contribution in [0.4, 0.5) is 5.69 Å². The summed E-state index contributed by atoms with van der Waals surface area (Å²) in [5.41, 5.74) is 2.39. The Hall–Kier alpha value is -3.45. The maximum atomic E-state index is 13.1. The number of nitrogens with zero attached hydrogens (tertiary/aromatic N) is 2. The van der Waals surface area contributed by atoms with Gasteiger partial charge in [0.2, 0.25) is 0 Å². The predicted molar refractivity (Wildman–Crippen MR) is 110 cm³/mol. The first-order valence-electron chi connectivity index (χ1n) is 8.67. The molecule has 0 saturated heterocycles. The maximum Gasteiger partial charge on any atom is 0.269 e. The number of H-pyrrole nitrogens is 1. The largest absolute Gasteiger partial charge is 0.361 e. The Morgan fingerprint density at radius 1 is 1.11 bits per heavy atom. The van der Waals surface area contributed by atoms with Gasteiger partial charge in [0.25, 0.3) is 11.6 Å². The van der Waals surface area contributed by atoms with E-state index in [1.807, 2.05) is 48.0 Å². The number of carbonyl (C=O) groups is 1. The van der Waals surface area contributed by atoms with E-state index in [-0.39, 0.29) is 17.6 Å². The third-order valence-electron chi connectivity index (χ3n) is 4.76. The average Bonchev–Trinajstić information content (AvgIpc) is 3.39. The van der Waals surface area contributed by atoms with Gasteiger partial charge in [-0.1, -0.05) is 24.3 Å². The van der Waals surface area contributed by atoms with Crippen molar-refractivity contribution in [3.05, 3.63) is 98.4 Å². The molecular formula is C21H17N3O3S. The minimum absolute atomic E-state index is 0.0364. The molecule has 0 aliphatic heterocycles. The number of non-ortho nitro benzene ring substituents is 1. The zero-order valence-corrected chi connectivity index (χ0v) is 15.8. The summed E-state index contributed by atoms with van der Waals surface area (Å²) in [5.74, 6) is -0.196. The van der Waals surface area contributed by atoms with E-state index in [0.29, 0.717) is 5.56 Å². The predicted octanol–water partition coefficient (Wildman–Crippen LogP) is 5.00. The van der Waals surface area contributed by atoms with Crippen LogP contribution in [-0.4, -0.2) is 27.8 Å². The lowest BCUT2D eigenvalue weighted by Crippen LogP contribution is -2.31. The molecule has 0 aliphatic carbocycles. The van der Waals surface area contributed by atoms with E-state index in [9.17, 15) is 14.9 Å². The smallest absolute Gasteiger partial charge is 0.269 e. The molecular weight excluding hydrogens is 374 g/mol. The molecule has 0 unspecified atom stereocenters. The number of hydrogen-bond acceptors (Lipinski definition) is 4. The zero-order chi connectivity index (χ0) is 19.7. The third-order valence-corrected chi connectivity index (χ3v) is 5.69. The minimum Gasteiger partial charge on any atom is -0.361 e. The van der Waals surface area contributed by atoms with Crippen molar-refractivity contribution in [2.45, 2.75) is 6.04 Å². The maximum absolute atomic E-state index is 13.1. The molecule has 0 fully saturated rings. The summed E-state index contributed by atoms with van der Waals surface area (Å²) in [4.78, 5) is 29.5. The molecule has 0 spiro atoms. The molecule has 0 saturated carbocycles. The third kappa shape index (κ3) is 3.16. The number of hydrogen-bond donors (Lipinski definition) is 1. The number of benzene rings is 2. The van der Waals surface area contributed by atoms with Crippen LogP contribution in [0.2, 0.25) is 0 Å². The van der Waals surface area contributed by atoms with Gasteiger partial charge in [0.05, 0.1) is 11.0 Å². The molecule has 2 aromatic carbocycles. The van der Waals surface area contributed by atoms with Gasteiger partial charge in [-0.3, -0.25) is 14.9 Å². The highest BCUT2D eigenvalue weighted by Gasteiger charge is 2.27. The number of aromatic nitrogens is 1. The summed E-state index contributed by atoms with van der Waals surface area (Å²) in [7, 11) is 1.76. The molecule has 7 heteroatoms. The topological polar surface area (TPSA) is 79.2 Å². The number of thiophene rings is 1.